The number of hydrogen-bond acceptors (Lipinski definition) is 2. The van der Waals surface area contributed by atoms with Crippen LogP contribution in [0.1, 0.15) is 21.9 Å². The van der Waals surface area contributed by atoms with Gasteiger partial charge in [0, 0.05) is 27.7 Å². The predicted molar refractivity (Wildman–Crippen MR) is 76.5 cm³/mol. The van der Waals surface area contributed by atoms with Crippen LogP contribution in [0.3, 0.4) is 0 Å². The molecule has 102 valence electrons. The van der Waals surface area contributed by atoms with E-state index < -0.39 is 5.97 Å². The van der Waals surface area contributed by atoms with Crippen LogP contribution in [-0.2, 0) is 6.54 Å². The molecular weight excluding hydrogens is 278 g/mol. The Balaban J connectivity index is 2.01. The molecule has 0 radical (unpaired) electrons. The lowest BCUT2D eigenvalue weighted by molar-refractivity contribution is 0.0661. The summed E-state index contributed by atoms with van der Waals surface area (Å²) in [6.07, 6.45) is 1.93. The number of carbonyl (C=O) groups is 1. The molecule has 1 aromatic carbocycles. The number of rotatable bonds is 3. The van der Waals surface area contributed by atoms with Gasteiger partial charge in [-0.3, -0.25) is 0 Å². The Morgan fingerprint density at radius 1 is 1.40 bits per heavy atom. The number of fused-ring (bicyclic) bond motifs is 1. The van der Waals surface area contributed by atoms with E-state index in [1.807, 2.05) is 35.0 Å². The van der Waals surface area contributed by atoms with E-state index in [9.17, 15) is 4.79 Å². The van der Waals surface area contributed by atoms with Gasteiger partial charge in [0.2, 0.25) is 5.76 Å². The van der Waals surface area contributed by atoms with Crippen LogP contribution in [0.5, 0.6) is 0 Å². The summed E-state index contributed by atoms with van der Waals surface area (Å²) in [5.41, 5.74) is 1.86. The summed E-state index contributed by atoms with van der Waals surface area (Å²) in [6, 6.07) is 9.24. The van der Waals surface area contributed by atoms with E-state index in [2.05, 4.69) is 0 Å². The van der Waals surface area contributed by atoms with E-state index in [1.165, 1.54) is 0 Å². The van der Waals surface area contributed by atoms with Crippen molar-refractivity contribution in [3.8, 4) is 0 Å². The number of aromatic carboxylic acids is 1. The summed E-state index contributed by atoms with van der Waals surface area (Å²) in [5.74, 6) is -0.474. The fraction of sp³-hybridized carbons (Fsp3) is 0.133. The molecule has 0 bridgehead atoms. The fourth-order valence-electron chi connectivity index (χ4n) is 2.29. The molecule has 0 spiro atoms. The Morgan fingerprint density at radius 2 is 2.20 bits per heavy atom. The van der Waals surface area contributed by atoms with Crippen LogP contribution in [0.2, 0.25) is 5.02 Å². The normalized spacial score (nSPS) is 11.1. The molecule has 0 saturated carbocycles. The van der Waals surface area contributed by atoms with Crippen molar-refractivity contribution in [2.24, 2.45) is 0 Å². The second-order valence-electron chi connectivity index (χ2n) is 4.61. The van der Waals surface area contributed by atoms with Crippen LogP contribution < -0.4 is 0 Å². The molecule has 20 heavy (non-hydrogen) atoms. The topological polar surface area (TPSA) is 55.4 Å². The molecule has 4 nitrogen and oxygen atoms in total. The second-order valence-corrected chi connectivity index (χ2v) is 5.02. The number of furan rings is 1. The minimum atomic E-state index is -1.06. The first kappa shape index (κ1) is 12.8. The summed E-state index contributed by atoms with van der Waals surface area (Å²) in [6.45, 7) is 2.31. The Hall–Kier alpha value is -2.20. The number of benzene rings is 1. The van der Waals surface area contributed by atoms with Gasteiger partial charge < -0.3 is 14.1 Å². The van der Waals surface area contributed by atoms with Crippen molar-refractivity contribution in [3.63, 3.8) is 0 Å². The molecule has 0 amide bonds. The molecule has 0 saturated heterocycles. The van der Waals surface area contributed by atoms with Crippen LogP contribution in [0.25, 0.3) is 10.9 Å². The average Bonchev–Trinajstić information content (AvgIpc) is 2.97. The Bertz CT molecular complexity index is 801. The van der Waals surface area contributed by atoms with Gasteiger partial charge in [-0.25, -0.2) is 4.79 Å². The maximum absolute atomic E-state index is 10.9. The summed E-state index contributed by atoms with van der Waals surface area (Å²) < 4.78 is 7.24. The first-order chi connectivity index (χ1) is 9.56. The second kappa shape index (κ2) is 4.72. The summed E-state index contributed by atoms with van der Waals surface area (Å²) in [5, 5.41) is 10.6. The maximum Gasteiger partial charge on any atom is 0.371 e. The lowest BCUT2D eigenvalue weighted by atomic mass is 10.2. The van der Waals surface area contributed by atoms with Crippen molar-refractivity contribution >= 4 is 28.5 Å². The first-order valence-electron chi connectivity index (χ1n) is 6.12. The van der Waals surface area contributed by atoms with Crippen molar-refractivity contribution in [3.05, 3.63) is 58.6 Å². The standard InChI is InChI=1S/C15H12ClNO3/c1-9-10(7-14(20-9)15(18)19)8-17-6-5-11-12(16)3-2-4-13(11)17/h2-7H,8H2,1H3,(H,18,19). The minimum absolute atomic E-state index is 0.0352. The van der Waals surface area contributed by atoms with Gasteiger partial charge in [-0.2, -0.15) is 0 Å². The van der Waals surface area contributed by atoms with Crippen LogP contribution >= 0.6 is 11.6 Å². The molecule has 0 fully saturated rings. The van der Waals surface area contributed by atoms with Crippen LogP contribution in [0.15, 0.2) is 40.9 Å². The number of aryl methyl sites for hydroxylation is 1. The van der Waals surface area contributed by atoms with Crippen molar-refractivity contribution in [2.45, 2.75) is 13.5 Å². The molecular formula is C15H12ClNO3. The zero-order valence-electron chi connectivity index (χ0n) is 10.8. The molecule has 0 aliphatic heterocycles. The van der Waals surface area contributed by atoms with Crippen LogP contribution in [-0.4, -0.2) is 15.6 Å². The van der Waals surface area contributed by atoms with Crippen LogP contribution in [0.4, 0.5) is 0 Å². The van der Waals surface area contributed by atoms with Gasteiger partial charge in [-0.05, 0) is 31.2 Å². The average molecular weight is 290 g/mol. The van der Waals surface area contributed by atoms with Crippen molar-refractivity contribution in [1.29, 1.82) is 0 Å². The molecule has 5 heteroatoms. The highest BCUT2D eigenvalue weighted by Crippen LogP contribution is 2.25. The van der Waals surface area contributed by atoms with E-state index >= 15 is 0 Å². The molecule has 3 aromatic rings. The Morgan fingerprint density at radius 3 is 2.90 bits per heavy atom. The van der Waals surface area contributed by atoms with E-state index in [1.54, 1.807) is 13.0 Å². The van der Waals surface area contributed by atoms with Gasteiger partial charge in [0.15, 0.2) is 0 Å². The SMILES string of the molecule is Cc1oc(C(=O)O)cc1Cn1ccc2c(Cl)cccc21. The fourth-order valence-corrected chi connectivity index (χ4v) is 2.52. The van der Waals surface area contributed by atoms with Crippen molar-refractivity contribution in [1.82, 2.24) is 4.57 Å². The number of carboxylic acid groups (broad SMARTS) is 1. The van der Waals surface area contributed by atoms with E-state index in [-0.39, 0.29) is 5.76 Å². The number of aromatic nitrogens is 1. The van der Waals surface area contributed by atoms with E-state index in [0.29, 0.717) is 17.3 Å². The Labute approximate surface area is 120 Å². The summed E-state index contributed by atoms with van der Waals surface area (Å²) >= 11 is 6.14. The molecule has 2 heterocycles. The third kappa shape index (κ3) is 2.08. The monoisotopic (exact) mass is 289 g/mol. The quantitative estimate of drug-likeness (QED) is 0.794. The summed E-state index contributed by atoms with van der Waals surface area (Å²) in [7, 11) is 0. The van der Waals surface area contributed by atoms with E-state index in [4.69, 9.17) is 21.1 Å². The van der Waals surface area contributed by atoms with Gasteiger partial charge in [-0.1, -0.05) is 17.7 Å². The molecule has 0 aliphatic carbocycles. The third-order valence-electron chi connectivity index (χ3n) is 3.33. The van der Waals surface area contributed by atoms with Gasteiger partial charge >= 0.3 is 5.97 Å². The first-order valence-corrected chi connectivity index (χ1v) is 6.50. The lowest BCUT2D eigenvalue weighted by Crippen LogP contribution is -1.98. The van der Waals surface area contributed by atoms with Crippen LogP contribution in [0, 0.1) is 6.92 Å². The van der Waals surface area contributed by atoms with Crippen molar-refractivity contribution in [2.75, 3.05) is 0 Å². The molecule has 3 rings (SSSR count). The van der Waals surface area contributed by atoms with Gasteiger partial charge in [0.05, 0.1) is 6.54 Å². The summed E-state index contributed by atoms with van der Waals surface area (Å²) in [4.78, 5) is 10.9. The molecule has 0 unspecified atom stereocenters. The Kier molecular flexibility index (Phi) is 3.03. The smallest absolute Gasteiger partial charge is 0.371 e. The van der Waals surface area contributed by atoms with Gasteiger partial charge in [-0.15, -0.1) is 0 Å². The molecule has 2 aromatic heterocycles. The number of hydrogen-bond donors (Lipinski definition) is 1. The zero-order valence-corrected chi connectivity index (χ0v) is 11.5. The number of carboxylic acids is 1. The van der Waals surface area contributed by atoms with Gasteiger partial charge in [0.1, 0.15) is 5.76 Å². The third-order valence-corrected chi connectivity index (χ3v) is 3.66. The molecule has 0 aliphatic rings. The zero-order chi connectivity index (χ0) is 14.3. The number of halogens is 1. The highest BCUT2D eigenvalue weighted by molar-refractivity contribution is 6.35. The lowest BCUT2D eigenvalue weighted by Gasteiger charge is -2.04. The largest absolute Gasteiger partial charge is 0.475 e. The predicted octanol–water partition coefficient (Wildman–Crippen LogP) is 3.94. The highest BCUT2D eigenvalue weighted by Gasteiger charge is 2.14. The highest BCUT2D eigenvalue weighted by atomic mass is 35.5. The molecule has 1 N–H and O–H groups in total. The van der Waals surface area contributed by atoms with Gasteiger partial charge in [0.25, 0.3) is 0 Å². The number of nitrogens with zero attached hydrogens (tertiary/aromatic N) is 1. The molecule has 0 atom stereocenters. The minimum Gasteiger partial charge on any atom is -0.475 e. The van der Waals surface area contributed by atoms with Crippen molar-refractivity contribution < 1.29 is 14.3 Å². The van der Waals surface area contributed by atoms with E-state index in [0.717, 1.165) is 16.5 Å². The maximum atomic E-state index is 10.9.